The van der Waals surface area contributed by atoms with Crippen LogP contribution in [0.1, 0.15) is 6.42 Å². The van der Waals surface area contributed by atoms with Gasteiger partial charge in [-0.15, -0.1) is 11.8 Å². The fourth-order valence-corrected chi connectivity index (χ4v) is 9.42. The van der Waals surface area contributed by atoms with Crippen LogP contribution in [0.25, 0.3) is 0 Å². The monoisotopic (exact) mass is 312 g/mol. The van der Waals surface area contributed by atoms with Crippen molar-refractivity contribution in [2.45, 2.75) is 16.7 Å². The standard InChI is InChI=1S/C18H17OPS/c19-20(15-7-3-1-4-8-15,16-9-5-2-6-10-16)18-14-11-12-17(13-14)21-18/h1-12,14,17-18H,13H2/t14-,17+,18-/m1/s1. The maximum Gasteiger partial charge on any atom is 0.156 e. The molecule has 0 unspecified atom stereocenters. The zero-order valence-corrected chi connectivity index (χ0v) is 13.3. The summed E-state index contributed by atoms with van der Waals surface area (Å²) < 4.78 is 14.2. The Kier molecular flexibility index (Phi) is 3.32. The van der Waals surface area contributed by atoms with Gasteiger partial charge in [-0.2, -0.15) is 0 Å². The van der Waals surface area contributed by atoms with Crippen molar-refractivity contribution in [3.8, 4) is 0 Å². The highest BCUT2D eigenvalue weighted by Crippen LogP contribution is 2.63. The maximum absolute atomic E-state index is 14.2. The van der Waals surface area contributed by atoms with E-state index in [9.17, 15) is 4.57 Å². The Morgan fingerprint density at radius 2 is 1.43 bits per heavy atom. The highest BCUT2D eigenvalue weighted by atomic mass is 32.2. The molecule has 3 heteroatoms. The first-order chi connectivity index (χ1) is 10.3. The third-order valence-electron chi connectivity index (χ3n) is 4.40. The van der Waals surface area contributed by atoms with Gasteiger partial charge < -0.3 is 4.57 Å². The topological polar surface area (TPSA) is 17.1 Å². The molecule has 2 aromatic rings. The molecule has 0 N–H and O–H groups in total. The van der Waals surface area contributed by atoms with E-state index in [1.165, 1.54) is 0 Å². The zero-order valence-electron chi connectivity index (χ0n) is 11.6. The van der Waals surface area contributed by atoms with Crippen LogP contribution in [0.4, 0.5) is 0 Å². The summed E-state index contributed by atoms with van der Waals surface area (Å²) in [6, 6.07) is 20.1. The first-order valence-corrected chi connectivity index (χ1v) is 10.0. The van der Waals surface area contributed by atoms with Gasteiger partial charge in [0.15, 0.2) is 7.14 Å². The Morgan fingerprint density at radius 1 is 0.857 bits per heavy atom. The molecular weight excluding hydrogens is 295 g/mol. The van der Waals surface area contributed by atoms with Gasteiger partial charge in [0.25, 0.3) is 0 Å². The van der Waals surface area contributed by atoms with Crippen LogP contribution >= 0.6 is 18.9 Å². The molecule has 0 saturated carbocycles. The number of fused-ring (bicyclic) bond motifs is 2. The first kappa shape index (κ1) is 13.4. The molecule has 0 aromatic heterocycles. The van der Waals surface area contributed by atoms with Crippen molar-refractivity contribution in [2.75, 3.05) is 0 Å². The van der Waals surface area contributed by atoms with E-state index in [1.54, 1.807) is 0 Å². The van der Waals surface area contributed by atoms with Crippen LogP contribution in [-0.4, -0.2) is 10.2 Å². The molecule has 106 valence electrons. The summed E-state index contributed by atoms with van der Waals surface area (Å²) in [5.41, 5.74) is 0. The number of hydrogen-bond acceptors (Lipinski definition) is 2. The Bertz CT molecular complexity index is 667. The molecule has 1 aliphatic heterocycles. The van der Waals surface area contributed by atoms with E-state index in [0.717, 1.165) is 17.0 Å². The fraction of sp³-hybridized carbons (Fsp3) is 0.222. The van der Waals surface area contributed by atoms with Crippen molar-refractivity contribution in [3.63, 3.8) is 0 Å². The third-order valence-corrected chi connectivity index (χ3v) is 10.2. The number of thioether (sulfide) groups is 1. The van der Waals surface area contributed by atoms with Crippen molar-refractivity contribution in [3.05, 3.63) is 72.8 Å². The molecule has 0 spiro atoms. The highest BCUT2D eigenvalue weighted by Gasteiger charge is 2.48. The molecule has 0 radical (unpaired) electrons. The van der Waals surface area contributed by atoms with Gasteiger partial charge in [0.2, 0.25) is 0 Å². The molecule has 2 bridgehead atoms. The van der Waals surface area contributed by atoms with Crippen molar-refractivity contribution >= 4 is 29.5 Å². The molecule has 2 aliphatic rings. The van der Waals surface area contributed by atoms with E-state index < -0.39 is 7.14 Å². The van der Waals surface area contributed by atoms with Gasteiger partial charge in [-0.05, 0) is 12.3 Å². The van der Waals surface area contributed by atoms with Crippen LogP contribution < -0.4 is 10.6 Å². The van der Waals surface area contributed by atoms with Crippen LogP contribution in [0.2, 0.25) is 0 Å². The minimum Gasteiger partial charge on any atom is -0.312 e. The second kappa shape index (κ2) is 5.19. The lowest BCUT2D eigenvalue weighted by atomic mass is 10.2. The fourth-order valence-electron chi connectivity index (χ4n) is 3.38. The molecule has 3 atom stereocenters. The van der Waals surface area contributed by atoms with E-state index in [-0.39, 0.29) is 4.99 Å². The second-order valence-corrected chi connectivity index (χ2v) is 10.3. The van der Waals surface area contributed by atoms with E-state index in [0.29, 0.717) is 11.2 Å². The van der Waals surface area contributed by atoms with Gasteiger partial charge in [-0.25, -0.2) is 0 Å². The SMILES string of the molecule is O=P(c1ccccc1)(c1ccccc1)[C@@H]1S[C@H]2C=C[C@@H]1C2. The quantitative estimate of drug-likeness (QED) is 0.629. The highest BCUT2D eigenvalue weighted by molar-refractivity contribution is 8.09. The van der Waals surface area contributed by atoms with Crippen molar-refractivity contribution < 1.29 is 4.57 Å². The van der Waals surface area contributed by atoms with Gasteiger partial charge in [0.1, 0.15) is 0 Å². The smallest absolute Gasteiger partial charge is 0.156 e. The van der Waals surface area contributed by atoms with Crippen LogP contribution in [0.15, 0.2) is 72.8 Å². The summed E-state index contributed by atoms with van der Waals surface area (Å²) in [7, 11) is -2.60. The van der Waals surface area contributed by atoms with E-state index in [2.05, 4.69) is 12.2 Å². The number of hydrogen-bond donors (Lipinski definition) is 0. The lowest BCUT2D eigenvalue weighted by Gasteiger charge is -2.29. The van der Waals surface area contributed by atoms with E-state index in [1.807, 2.05) is 72.4 Å². The van der Waals surface area contributed by atoms with Crippen LogP contribution in [-0.2, 0) is 4.57 Å². The summed E-state index contributed by atoms with van der Waals surface area (Å²) in [6.07, 6.45) is 5.72. The minimum atomic E-state index is -2.60. The summed E-state index contributed by atoms with van der Waals surface area (Å²) in [5, 5.41) is 2.55. The number of allylic oxidation sites excluding steroid dienone is 1. The van der Waals surface area contributed by atoms with Crippen LogP contribution in [0, 0.1) is 5.92 Å². The molecule has 4 rings (SSSR count). The van der Waals surface area contributed by atoms with Gasteiger partial charge in [0.05, 0.1) is 4.99 Å². The van der Waals surface area contributed by atoms with Gasteiger partial charge in [0, 0.05) is 15.9 Å². The Labute approximate surface area is 129 Å². The number of rotatable bonds is 3. The molecule has 2 aromatic carbocycles. The molecule has 1 fully saturated rings. The molecule has 1 nitrogen and oxygen atoms in total. The van der Waals surface area contributed by atoms with E-state index in [4.69, 9.17) is 0 Å². The van der Waals surface area contributed by atoms with Crippen LogP contribution in [0.3, 0.4) is 0 Å². The molecule has 1 saturated heterocycles. The molecule has 0 amide bonds. The third kappa shape index (κ3) is 2.13. The molecule has 21 heavy (non-hydrogen) atoms. The summed E-state index contributed by atoms with van der Waals surface area (Å²) in [4.78, 5) is 0.192. The predicted octanol–water partition coefficient (Wildman–Crippen LogP) is 4.02. The van der Waals surface area contributed by atoms with E-state index >= 15 is 0 Å². The van der Waals surface area contributed by atoms with Crippen LogP contribution in [0.5, 0.6) is 0 Å². The molecule has 1 heterocycles. The lowest BCUT2D eigenvalue weighted by Crippen LogP contribution is -2.26. The molecular formula is C18H17OPS. The zero-order chi connectivity index (χ0) is 14.3. The van der Waals surface area contributed by atoms with Crippen molar-refractivity contribution in [1.29, 1.82) is 0 Å². The normalized spacial score (nSPS) is 27.1. The summed E-state index contributed by atoms with van der Waals surface area (Å²) >= 11 is 1.91. The Morgan fingerprint density at radius 3 is 1.86 bits per heavy atom. The average molecular weight is 312 g/mol. The Hall–Kier alpha value is -1.24. The minimum absolute atomic E-state index is 0.192. The first-order valence-electron chi connectivity index (χ1n) is 7.33. The van der Waals surface area contributed by atoms with Gasteiger partial charge >= 0.3 is 0 Å². The second-order valence-electron chi connectivity index (χ2n) is 5.68. The largest absolute Gasteiger partial charge is 0.312 e. The average Bonchev–Trinajstić information content (AvgIpc) is 3.19. The predicted molar refractivity (Wildman–Crippen MR) is 92.2 cm³/mol. The Balaban J connectivity index is 1.88. The number of benzene rings is 2. The summed E-state index contributed by atoms with van der Waals surface area (Å²) in [6.45, 7) is 0. The maximum atomic E-state index is 14.2. The molecule has 1 aliphatic carbocycles. The van der Waals surface area contributed by atoms with Crippen molar-refractivity contribution in [1.82, 2.24) is 0 Å². The van der Waals surface area contributed by atoms with Gasteiger partial charge in [-0.1, -0.05) is 72.8 Å². The lowest BCUT2D eigenvalue weighted by molar-refractivity contribution is 0.577. The van der Waals surface area contributed by atoms with Gasteiger partial charge in [-0.3, -0.25) is 0 Å². The summed E-state index contributed by atoms with van der Waals surface area (Å²) in [5.74, 6) is 0.450. The van der Waals surface area contributed by atoms with Crippen molar-refractivity contribution in [2.24, 2.45) is 5.92 Å².